The number of halogens is 2. The van der Waals surface area contributed by atoms with E-state index in [1.54, 1.807) is 0 Å². The lowest BCUT2D eigenvalue weighted by Crippen LogP contribution is -2.56. The van der Waals surface area contributed by atoms with Gasteiger partial charge in [-0.25, -0.2) is 0 Å². The van der Waals surface area contributed by atoms with Gasteiger partial charge in [-0.2, -0.15) is 0 Å². The normalized spacial score (nSPS) is 16.6. The van der Waals surface area contributed by atoms with Gasteiger partial charge in [-0.1, -0.05) is 15.9 Å². The molecule has 0 unspecified atom stereocenters. The minimum absolute atomic E-state index is 0. The third-order valence-electron chi connectivity index (χ3n) is 3.11. The van der Waals surface area contributed by atoms with E-state index in [4.69, 9.17) is 5.73 Å². The Bertz CT molecular complexity index is 433. The third-order valence-corrected chi connectivity index (χ3v) is 4.00. The van der Waals surface area contributed by atoms with E-state index in [1.165, 1.54) is 0 Å². The number of anilines is 1. The fourth-order valence-electron chi connectivity index (χ4n) is 1.76. The van der Waals surface area contributed by atoms with Gasteiger partial charge < -0.3 is 11.1 Å². The van der Waals surface area contributed by atoms with Gasteiger partial charge in [-0.3, -0.25) is 4.79 Å². The van der Waals surface area contributed by atoms with Gasteiger partial charge in [0.1, 0.15) is 0 Å². The smallest absolute Gasteiger partial charge is 0.244 e. The largest absolute Gasteiger partial charge is 0.324 e. The van der Waals surface area contributed by atoms with E-state index in [-0.39, 0.29) is 18.3 Å². The molecular weight excluding hydrogens is 304 g/mol. The van der Waals surface area contributed by atoms with Crippen LogP contribution in [0.25, 0.3) is 0 Å². The zero-order valence-electron chi connectivity index (χ0n) is 9.63. The Labute approximate surface area is 116 Å². The summed E-state index contributed by atoms with van der Waals surface area (Å²) < 4.78 is 1.04. The maximum atomic E-state index is 11.9. The second kappa shape index (κ2) is 5.38. The maximum absolute atomic E-state index is 11.9. The molecule has 94 valence electrons. The lowest BCUT2D eigenvalue weighted by atomic mass is 9.77. The Morgan fingerprint density at radius 2 is 2.12 bits per heavy atom. The number of aryl methyl sites for hydroxylation is 1. The summed E-state index contributed by atoms with van der Waals surface area (Å²) in [5, 5.41) is 2.87. The molecule has 0 heterocycles. The van der Waals surface area contributed by atoms with Crippen molar-refractivity contribution >= 4 is 39.9 Å². The van der Waals surface area contributed by atoms with Crippen molar-refractivity contribution < 1.29 is 4.79 Å². The molecule has 2 rings (SSSR count). The van der Waals surface area contributed by atoms with Crippen molar-refractivity contribution in [2.45, 2.75) is 31.7 Å². The average molecular weight is 320 g/mol. The molecule has 1 amide bonds. The highest BCUT2D eigenvalue weighted by molar-refractivity contribution is 9.10. The van der Waals surface area contributed by atoms with Gasteiger partial charge in [0.05, 0.1) is 5.54 Å². The van der Waals surface area contributed by atoms with Crippen LogP contribution in [0.1, 0.15) is 24.8 Å². The second-order valence-electron chi connectivity index (χ2n) is 4.43. The number of amides is 1. The van der Waals surface area contributed by atoms with Crippen LogP contribution in [0.4, 0.5) is 5.69 Å². The number of nitrogens with two attached hydrogens (primary N) is 1. The van der Waals surface area contributed by atoms with Crippen LogP contribution in [0.2, 0.25) is 0 Å². The molecule has 1 fully saturated rings. The average Bonchev–Trinajstić information content (AvgIpc) is 2.20. The second-order valence-corrected chi connectivity index (χ2v) is 5.28. The van der Waals surface area contributed by atoms with Gasteiger partial charge in [-0.15, -0.1) is 12.4 Å². The topological polar surface area (TPSA) is 55.1 Å². The molecule has 0 atom stereocenters. The number of carbonyl (C=O) groups is 1. The molecule has 1 aliphatic carbocycles. The zero-order chi connectivity index (χ0) is 11.8. The minimum atomic E-state index is -0.638. The highest BCUT2D eigenvalue weighted by Crippen LogP contribution is 2.30. The van der Waals surface area contributed by atoms with Crippen LogP contribution < -0.4 is 11.1 Å². The van der Waals surface area contributed by atoms with E-state index in [0.717, 1.165) is 35.0 Å². The van der Waals surface area contributed by atoms with E-state index in [0.29, 0.717) is 0 Å². The molecule has 0 radical (unpaired) electrons. The predicted molar refractivity (Wildman–Crippen MR) is 75.5 cm³/mol. The van der Waals surface area contributed by atoms with Gasteiger partial charge in [0.25, 0.3) is 0 Å². The first-order valence-electron chi connectivity index (χ1n) is 5.38. The number of carbonyl (C=O) groups excluding carboxylic acids is 1. The highest BCUT2D eigenvalue weighted by Gasteiger charge is 2.40. The first-order valence-corrected chi connectivity index (χ1v) is 6.17. The fourth-order valence-corrected chi connectivity index (χ4v) is 2.01. The van der Waals surface area contributed by atoms with Gasteiger partial charge in [0.2, 0.25) is 5.91 Å². The molecule has 1 aromatic rings. The van der Waals surface area contributed by atoms with E-state index in [2.05, 4.69) is 21.2 Å². The SMILES string of the molecule is Cc1cc(NC(=O)C2(N)CCC2)ccc1Br.Cl. The van der Waals surface area contributed by atoms with Crippen molar-refractivity contribution in [2.24, 2.45) is 5.73 Å². The molecule has 0 spiro atoms. The summed E-state index contributed by atoms with van der Waals surface area (Å²) in [5.41, 5.74) is 7.21. The first-order chi connectivity index (χ1) is 7.51. The zero-order valence-corrected chi connectivity index (χ0v) is 12.0. The summed E-state index contributed by atoms with van der Waals surface area (Å²) in [5.74, 6) is -0.0690. The molecule has 0 bridgehead atoms. The predicted octanol–water partition coefficient (Wildman–Crippen LogP) is 3.00. The summed E-state index contributed by atoms with van der Waals surface area (Å²) in [6, 6.07) is 5.73. The van der Waals surface area contributed by atoms with E-state index in [1.807, 2.05) is 25.1 Å². The van der Waals surface area contributed by atoms with E-state index < -0.39 is 5.54 Å². The van der Waals surface area contributed by atoms with Crippen LogP contribution >= 0.6 is 28.3 Å². The van der Waals surface area contributed by atoms with Crippen LogP contribution in [-0.4, -0.2) is 11.4 Å². The minimum Gasteiger partial charge on any atom is -0.324 e. The first kappa shape index (κ1) is 14.5. The Kier molecular flexibility index (Phi) is 4.58. The molecule has 0 aliphatic heterocycles. The van der Waals surface area contributed by atoms with Crippen LogP contribution in [0.15, 0.2) is 22.7 Å². The molecule has 1 aromatic carbocycles. The molecule has 1 aliphatic rings. The number of benzene rings is 1. The molecule has 17 heavy (non-hydrogen) atoms. The molecule has 3 N–H and O–H groups in total. The van der Waals surface area contributed by atoms with Crippen molar-refractivity contribution in [1.29, 1.82) is 0 Å². The number of hydrogen-bond acceptors (Lipinski definition) is 2. The van der Waals surface area contributed by atoms with Crippen LogP contribution in [0.3, 0.4) is 0 Å². The fraction of sp³-hybridized carbons (Fsp3) is 0.417. The maximum Gasteiger partial charge on any atom is 0.244 e. The van der Waals surface area contributed by atoms with E-state index in [9.17, 15) is 4.79 Å². The summed E-state index contributed by atoms with van der Waals surface area (Å²) in [7, 11) is 0. The summed E-state index contributed by atoms with van der Waals surface area (Å²) in [6.07, 6.45) is 2.62. The van der Waals surface area contributed by atoms with Crippen molar-refractivity contribution in [3.05, 3.63) is 28.2 Å². The Hall–Kier alpha value is -0.580. The Balaban J connectivity index is 0.00000144. The Morgan fingerprint density at radius 3 is 2.59 bits per heavy atom. The van der Waals surface area contributed by atoms with Crippen LogP contribution in [0, 0.1) is 6.92 Å². The molecule has 3 nitrogen and oxygen atoms in total. The van der Waals surface area contributed by atoms with Gasteiger partial charge in [0.15, 0.2) is 0 Å². The van der Waals surface area contributed by atoms with Gasteiger partial charge in [-0.05, 0) is 49.9 Å². The molecule has 0 aromatic heterocycles. The molecule has 1 saturated carbocycles. The van der Waals surface area contributed by atoms with Gasteiger partial charge >= 0.3 is 0 Å². The van der Waals surface area contributed by atoms with E-state index >= 15 is 0 Å². The summed E-state index contributed by atoms with van der Waals surface area (Å²) in [4.78, 5) is 11.9. The third kappa shape index (κ3) is 3.00. The highest BCUT2D eigenvalue weighted by atomic mass is 79.9. The standard InChI is InChI=1S/C12H15BrN2O.ClH/c1-8-7-9(3-4-10(8)13)15-11(16)12(14)5-2-6-12;/h3-4,7H,2,5-6,14H2,1H3,(H,15,16);1H. The Morgan fingerprint density at radius 1 is 1.47 bits per heavy atom. The number of rotatable bonds is 2. The lowest BCUT2D eigenvalue weighted by Gasteiger charge is -2.36. The van der Waals surface area contributed by atoms with Crippen molar-refractivity contribution in [3.63, 3.8) is 0 Å². The lowest BCUT2D eigenvalue weighted by molar-refractivity contribution is -0.123. The van der Waals surface area contributed by atoms with Crippen molar-refractivity contribution in [2.75, 3.05) is 5.32 Å². The number of hydrogen-bond donors (Lipinski definition) is 2. The molecule has 0 saturated heterocycles. The summed E-state index contributed by atoms with van der Waals surface area (Å²) >= 11 is 3.42. The molecule has 5 heteroatoms. The molecular formula is C12H16BrClN2O. The van der Waals surface area contributed by atoms with Crippen molar-refractivity contribution in [3.8, 4) is 0 Å². The van der Waals surface area contributed by atoms with Crippen LogP contribution in [-0.2, 0) is 4.79 Å². The van der Waals surface area contributed by atoms with Crippen LogP contribution in [0.5, 0.6) is 0 Å². The quantitative estimate of drug-likeness (QED) is 0.880. The van der Waals surface area contributed by atoms with Crippen molar-refractivity contribution in [1.82, 2.24) is 0 Å². The number of nitrogens with one attached hydrogen (secondary N) is 1. The summed E-state index contributed by atoms with van der Waals surface area (Å²) in [6.45, 7) is 1.99. The monoisotopic (exact) mass is 318 g/mol. The van der Waals surface area contributed by atoms with Gasteiger partial charge in [0, 0.05) is 10.2 Å².